The maximum absolute atomic E-state index is 11.4. The second-order valence-electron chi connectivity index (χ2n) is 3.47. The van der Waals surface area contributed by atoms with Crippen molar-refractivity contribution in [3.05, 3.63) is 33.3 Å². The van der Waals surface area contributed by atoms with Crippen LogP contribution in [0.15, 0.2) is 18.2 Å². The van der Waals surface area contributed by atoms with Crippen molar-refractivity contribution in [3.63, 3.8) is 0 Å². The van der Waals surface area contributed by atoms with Gasteiger partial charge in [-0.25, -0.2) is 0 Å². The molecule has 1 rings (SSSR count). The van der Waals surface area contributed by atoms with Crippen LogP contribution in [0.5, 0.6) is 0 Å². The molecule has 0 spiro atoms. The highest BCUT2D eigenvalue weighted by Gasteiger charge is 2.21. The summed E-state index contributed by atoms with van der Waals surface area (Å²) < 4.78 is 0. The molecule has 0 aliphatic carbocycles. The lowest BCUT2D eigenvalue weighted by atomic mass is 10.1. The lowest BCUT2D eigenvalue weighted by Crippen LogP contribution is -2.26. The van der Waals surface area contributed by atoms with E-state index in [0.717, 1.165) is 6.07 Å². The molecule has 8 heteroatoms. The van der Waals surface area contributed by atoms with Gasteiger partial charge in [-0.3, -0.25) is 19.7 Å². The highest BCUT2D eigenvalue weighted by Crippen LogP contribution is 2.27. The molecule has 7 nitrogen and oxygen atoms in total. The minimum atomic E-state index is -1.28. The Kier molecular flexibility index (Phi) is 4.22. The number of nitro groups is 1. The van der Waals surface area contributed by atoms with Crippen LogP contribution in [-0.2, 0) is 9.59 Å². The van der Waals surface area contributed by atoms with Gasteiger partial charge in [0.25, 0.3) is 5.69 Å². The van der Waals surface area contributed by atoms with E-state index in [1.807, 2.05) is 0 Å². The van der Waals surface area contributed by atoms with Crippen LogP contribution in [0.3, 0.4) is 0 Å². The number of nitrogens with zero attached hydrogens (tertiary/aromatic N) is 1. The zero-order valence-electron chi connectivity index (χ0n) is 9.21. The van der Waals surface area contributed by atoms with E-state index >= 15 is 0 Å². The Morgan fingerprint density at radius 1 is 1.50 bits per heavy atom. The van der Waals surface area contributed by atoms with E-state index in [9.17, 15) is 19.7 Å². The van der Waals surface area contributed by atoms with Crippen molar-refractivity contribution >= 4 is 34.9 Å². The summed E-state index contributed by atoms with van der Waals surface area (Å²) in [7, 11) is 0. The third-order valence-corrected chi connectivity index (χ3v) is 2.49. The van der Waals surface area contributed by atoms with Gasteiger partial charge in [-0.1, -0.05) is 11.6 Å². The number of aliphatic carboxylic acids is 1. The first-order valence-corrected chi connectivity index (χ1v) is 5.18. The predicted molar refractivity (Wildman–Crippen MR) is 63.5 cm³/mol. The zero-order chi connectivity index (χ0) is 13.9. The molecule has 0 aromatic heterocycles. The van der Waals surface area contributed by atoms with Crippen molar-refractivity contribution in [2.45, 2.75) is 6.92 Å². The summed E-state index contributed by atoms with van der Waals surface area (Å²) in [6.45, 7) is 1.21. The van der Waals surface area contributed by atoms with Crippen molar-refractivity contribution in [3.8, 4) is 0 Å². The lowest BCUT2D eigenvalue weighted by Gasteiger charge is -2.08. The van der Waals surface area contributed by atoms with Crippen LogP contribution < -0.4 is 5.32 Å². The van der Waals surface area contributed by atoms with E-state index in [1.165, 1.54) is 19.1 Å². The molecule has 0 heterocycles. The maximum Gasteiger partial charge on any atom is 0.315 e. The van der Waals surface area contributed by atoms with Crippen LogP contribution >= 0.6 is 11.6 Å². The Balaban J connectivity index is 2.93. The van der Waals surface area contributed by atoms with E-state index < -0.39 is 22.7 Å². The normalized spacial score (nSPS) is 11.7. The summed E-state index contributed by atoms with van der Waals surface area (Å²) in [6.07, 6.45) is 0. The van der Waals surface area contributed by atoms with Crippen molar-refractivity contribution in [1.29, 1.82) is 0 Å². The highest BCUT2D eigenvalue weighted by molar-refractivity contribution is 6.32. The van der Waals surface area contributed by atoms with E-state index in [-0.39, 0.29) is 16.4 Å². The first-order valence-electron chi connectivity index (χ1n) is 4.80. The lowest BCUT2D eigenvalue weighted by molar-refractivity contribution is -0.384. The standard InChI is InChI=1S/C10H9ClN2O5/c1-5(10(15)16)9(14)12-6-2-3-7(11)8(4-6)13(17)18/h2-5H,1H3,(H,12,14)(H,15,16). The monoisotopic (exact) mass is 272 g/mol. The van der Waals surface area contributed by atoms with Crippen molar-refractivity contribution in [2.75, 3.05) is 5.32 Å². The molecule has 0 radical (unpaired) electrons. The largest absolute Gasteiger partial charge is 0.481 e. The molecule has 96 valence electrons. The fourth-order valence-corrected chi connectivity index (χ4v) is 1.28. The number of carboxylic acids is 1. The minimum Gasteiger partial charge on any atom is -0.481 e. The fraction of sp³-hybridized carbons (Fsp3) is 0.200. The number of carbonyl (C=O) groups excluding carboxylic acids is 1. The number of carboxylic acid groups (broad SMARTS) is 1. The van der Waals surface area contributed by atoms with E-state index in [0.29, 0.717) is 0 Å². The highest BCUT2D eigenvalue weighted by atomic mass is 35.5. The molecule has 1 unspecified atom stereocenters. The SMILES string of the molecule is CC(C(=O)O)C(=O)Nc1ccc(Cl)c([N+](=O)[O-])c1. The molecule has 0 saturated heterocycles. The van der Waals surface area contributed by atoms with Crippen LogP contribution in [0.1, 0.15) is 6.92 Å². The van der Waals surface area contributed by atoms with Crippen LogP contribution in [0.25, 0.3) is 0 Å². The summed E-state index contributed by atoms with van der Waals surface area (Å²) in [5.74, 6) is -3.30. The number of nitro benzene ring substituents is 1. The smallest absolute Gasteiger partial charge is 0.315 e. The first kappa shape index (κ1) is 13.9. The van der Waals surface area contributed by atoms with Crippen LogP contribution in [0.2, 0.25) is 5.02 Å². The minimum absolute atomic E-state index is 0.0655. The molecule has 1 amide bonds. The number of rotatable bonds is 4. The number of anilines is 1. The topological polar surface area (TPSA) is 110 Å². The summed E-state index contributed by atoms with van der Waals surface area (Å²) in [6, 6.07) is 3.66. The molecule has 1 atom stereocenters. The molecule has 0 aliphatic heterocycles. The molecular formula is C10H9ClN2O5. The van der Waals surface area contributed by atoms with Gasteiger partial charge in [-0.15, -0.1) is 0 Å². The number of amides is 1. The third kappa shape index (κ3) is 3.17. The predicted octanol–water partition coefficient (Wildman–Crippen LogP) is 1.91. The van der Waals surface area contributed by atoms with Gasteiger partial charge in [-0.05, 0) is 19.1 Å². The Labute approximate surface area is 107 Å². The first-order chi connectivity index (χ1) is 8.32. The van der Waals surface area contributed by atoms with Gasteiger partial charge in [0.1, 0.15) is 10.9 Å². The summed E-state index contributed by atoms with van der Waals surface area (Å²) in [5.41, 5.74) is -0.248. The van der Waals surface area contributed by atoms with Crippen LogP contribution in [0.4, 0.5) is 11.4 Å². The molecule has 1 aromatic carbocycles. The van der Waals surface area contributed by atoms with E-state index in [1.54, 1.807) is 0 Å². The van der Waals surface area contributed by atoms with Gasteiger partial charge in [0, 0.05) is 11.8 Å². The summed E-state index contributed by atoms with van der Waals surface area (Å²) in [5, 5.41) is 21.4. The number of halogens is 1. The third-order valence-electron chi connectivity index (χ3n) is 2.17. The molecule has 0 fully saturated rings. The van der Waals surface area contributed by atoms with Gasteiger partial charge < -0.3 is 10.4 Å². The number of hydrogen-bond acceptors (Lipinski definition) is 4. The number of benzene rings is 1. The molecule has 18 heavy (non-hydrogen) atoms. The number of nitrogens with one attached hydrogen (secondary N) is 1. The summed E-state index contributed by atoms with van der Waals surface area (Å²) >= 11 is 5.59. The molecule has 2 N–H and O–H groups in total. The van der Waals surface area contributed by atoms with Crippen molar-refractivity contribution in [2.24, 2.45) is 5.92 Å². The van der Waals surface area contributed by atoms with E-state index in [2.05, 4.69) is 5.32 Å². The Hall–Kier alpha value is -2.15. The molecule has 0 saturated carbocycles. The van der Waals surface area contributed by atoms with Crippen molar-refractivity contribution in [1.82, 2.24) is 0 Å². The average molecular weight is 273 g/mol. The second kappa shape index (κ2) is 5.46. The van der Waals surface area contributed by atoms with E-state index in [4.69, 9.17) is 16.7 Å². The molecule has 0 bridgehead atoms. The van der Waals surface area contributed by atoms with Crippen molar-refractivity contribution < 1.29 is 19.6 Å². The van der Waals surface area contributed by atoms with Gasteiger partial charge >= 0.3 is 5.97 Å². The Bertz CT molecular complexity index is 517. The van der Waals surface area contributed by atoms with Crippen LogP contribution in [0, 0.1) is 16.0 Å². The molecule has 0 aliphatic rings. The Morgan fingerprint density at radius 3 is 2.61 bits per heavy atom. The van der Waals surface area contributed by atoms with Crippen LogP contribution in [-0.4, -0.2) is 21.9 Å². The summed E-state index contributed by atoms with van der Waals surface area (Å²) in [4.78, 5) is 31.9. The van der Waals surface area contributed by atoms with Gasteiger partial charge in [-0.2, -0.15) is 0 Å². The Morgan fingerprint density at radius 2 is 2.11 bits per heavy atom. The van der Waals surface area contributed by atoms with Gasteiger partial charge in [0.2, 0.25) is 5.91 Å². The molecular weight excluding hydrogens is 264 g/mol. The van der Waals surface area contributed by atoms with Gasteiger partial charge in [0.15, 0.2) is 0 Å². The quantitative estimate of drug-likeness (QED) is 0.494. The number of hydrogen-bond donors (Lipinski definition) is 2. The average Bonchev–Trinajstić information content (AvgIpc) is 2.29. The fourth-order valence-electron chi connectivity index (χ4n) is 1.09. The maximum atomic E-state index is 11.4. The number of carbonyl (C=O) groups is 2. The van der Waals surface area contributed by atoms with Gasteiger partial charge in [0.05, 0.1) is 4.92 Å². The zero-order valence-corrected chi connectivity index (χ0v) is 9.97. The molecule has 1 aromatic rings. The second-order valence-corrected chi connectivity index (χ2v) is 3.88.